The summed E-state index contributed by atoms with van der Waals surface area (Å²) in [6.07, 6.45) is 5.48. The average molecular weight is 228 g/mol. The van der Waals surface area contributed by atoms with Crippen molar-refractivity contribution in [3.63, 3.8) is 0 Å². The van der Waals surface area contributed by atoms with E-state index in [0.717, 1.165) is 28.8 Å². The van der Waals surface area contributed by atoms with Crippen molar-refractivity contribution in [1.29, 1.82) is 0 Å². The highest BCUT2D eigenvalue weighted by molar-refractivity contribution is 5.72. The van der Waals surface area contributed by atoms with E-state index >= 15 is 0 Å². The SMILES string of the molecule is Nc1ccc2[nH]c(C(C3CC3)C3CC3)nc2n1. The Labute approximate surface area is 99.6 Å². The van der Waals surface area contributed by atoms with E-state index in [1.165, 1.54) is 25.7 Å². The molecule has 0 radical (unpaired) electrons. The number of hydrogen-bond acceptors (Lipinski definition) is 3. The number of rotatable bonds is 3. The molecule has 0 atom stereocenters. The van der Waals surface area contributed by atoms with Crippen LogP contribution >= 0.6 is 0 Å². The molecule has 0 aromatic carbocycles. The summed E-state index contributed by atoms with van der Waals surface area (Å²) in [5.41, 5.74) is 7.47. The molecule has 0 spiro atoms. The van der Waals surface area contributed by atoms with Crippen LogP contribution in [0.1, 0.15) is 37.4 Å². The van der Waals surface area contributed by atoms with E-state index in [9.17, 15) is 0 Å². The molecule has 4 heteroatoms. The van der Waals surface area contributed by atoms with E-state index in [1.807, 2.05) is 12.1 Å². The van der Waals surface area contributed by atoms with Gasteiger partial charge in [-0.25, -0.2) is 9.97 Å². The number of anilines is 1. The third kappa shape index (κ3) is 1.59. The van der Waals surface area contributed by atoms with Crippen LogP contribution in [-0.4, -0.2) is 15.0 Å². The van der Waals surface area contributed by atoms with Gasteiger partial charge in [0.2, 0.25) is 0 Å². The van der Waals surface area contributed by atoms with Crippen LogP contribution in [0, 0.1) is 11.8 Å². The summed E-state index contributed by atoms with van der Waals surface area (Å²) in [6, 6.07) is 3.80. The van der Waals surface area contributed by atoms with E-state index in [1.54, 1.807) is 0 Å². The first-order valence-electron chi connectivity index (χ1n) is 6.43. The number of aromatic amines is 1. The second kappa shape index (κ2) is 3.22. The molecule has 2 aliphatic carbocycles. The van der Waals surface area contributed by atoms with Gasteiger partial charge in [-0.05, 0) is 49.7 Å². The van der Waals surface area contributed by atoms with E-state index in [0.29, 0.717) is 11.7 Å². The van der Waals surface area contributed by atoms with Gasteiger partial charge in [-0.1, -0.05) is 0 Å². The Kier molecular flexibility index (Phi) is 1.79. The number of H-pyrrole nitrogens is 1. The predicted octanol–water partition coefficient (Wildman–Crippen LogP) is 2.44. The van der Waals surface area contributed by atoms with Gasteiger partial charge in [-0.3, -0.25) is 0 Å². The number of nitrogens with two attached hydrogens (primary N) is 1. The molecular weight excluding hydrogens is 212 g/mol. The molecule has 3 N–H and O–H groups in total. The molecule has 4 nitrogen and oxygen atoms in total. The van der Waals surface area contributed by atoms with Crippen LogP contribution in [0.15, 0.2) is 12.1 Å². The Hall–Kier alpha value is -1.58. The van der Waals surface area contributed by atoms with Crippen LogP contribution in [0.25, 0.3) is 11.2 Å². The fourth-order valence-electron chi connectivity index (χ4n) is 2.83. The number of nitrogen functional groups attached to an aromatic ring is 1. The van der Waals surface area contributed by atoms with Crippen molar-refractivity contribution >= 4 is 17.0 Å². The zero-order valence-corrected chi connectivity index (χ0v) is 9.69. The third-order valence-electron chi connectivity index (χ3n) is 3.96. The van der Waals surface area contributed by atoms with Crippen molar-refractivity contribution in [2.24, 2.45) is 11.8 Å². The topological polar surface area (TPSA) is 67.6 Å². The monoisotopic (exact) mass is 228 g/mol. The molecule has 4 rings (SSSR count). The molecule has 2 fully saturated rings. The first-order valence-corrected chi connectivity index (χ1v) is 6.43. The first-order chi connectivity index (χ1) is 8.31. The molecule has 2 aromatic rings. The number of pyridine rings is 1. The van der Waals surface area contributed by atoms with Gasteiger partial charge in [-0.2, -0.15) is 0 Å². The molecule has 2 saturated carbocycles. The molecule has 0 amide bonds. The number of nitrogens with one attached hydrogen (secondary N) is 1. The Balaban J connectivity index is 1.78. The molecule has 0 bridgehead atoms. The summed E-state index contributed by atoms with van der Waals surface area (Å²) in [6.45, 7) is 0. The maximum Gasteiger partial charge on any atom is 0.179 e. The highest BCUT2D eigenvalue weighted by Gasteiger charge is 2.43. The minimum atomic E-state index is 0.546. The maximum absolute atomic E-state index is 5.69. The number of nitrogens with zero attached hydrogens (tertiary/aromatic N) is 2. The van der Waals surface area contributed by atoms with Gasteiger partial charge in [0.05, 0.1) is 5.52 Å². The number of imidazole rings is 1. The number of hydrogen-bond donors (Lipinski definition) is 2. The summed E-state index contributed by atoms with van der Waals surface area (Å²) in [7, 11) is 0. The quantitative estimate of drug-likeness (QED) is 0.847. The summed E-state index contributed by atoms with van der Waals surface area (Å²) >= 11 is 0. The highest BCUT2D eigenvalue weighted by atomic mass is 15.0. The van der Waals surface area contributed by atoms with Crippen molar-refractivity contribution < 1.29 is 0 Å². The number of aromatic nitrogens is 3. The lowest BCUT2D eigenvalue weighted by atomic mass is 9.97. The van der Waals surface area contributed by atoms with Crippen molar-refractivity contribution in [2.45, 2.75) is 31.6 Å². The van der Waals surface area contributed by atoms with Crippen LogP contribution in [0.2, 0.25) is 0 Å². The summed E-state index contributed by atoms with van der Waals surface area (Å²) in [5, 5.41) is 0. The number of fused-ring (bicyclic) bond motifs is 1. The van der Waals surface area contributed by atoms with Crippen molar-refractivity contribution in [3.05, 3.63) is 18.0 Å². The average Bonchev–Trinajstić information content (AvgIpc) is 3.19. The molecule has 17 heavy (non-hydrogen) atoms. The standard InChI is InChI=1S/C13H16N4/c14-10-6-5-9-12(16-10)17-13(15-9)11(7-1-2-7)8-3-4-8/h5-8,11H,1-4H2,(H3,14,15,16,17). The molecular formula is C13H16N4. The molecule has 0 unspecified atom stereocenters. The molecule has 0 aliphatic heterocycles. The van der Waals surface area contributed by atoms with Crippen LogP contribution in [0.3, 0.4) is 0 Å². The first kappa shape index (κ1) is 9.45. The third-order valence-corrected chi connectivity index (χ3v) is 3.96. The van der Waals surface area contributed by atoms with Gasteiger partial charge in [0, 0.05) is 5.92 Å². The Morgan fingerprint density at radius 1 is 1.12 bits per heavy atom. The Morgan fingerprint density at radius 3 is 2.47 bits per heavy atom. The fourth-order valence-corrected chi connectivity index (χ4v) is 2.83. The zero-order valence-electron chi connectivity index (χ0n) is 9.69. The summed E-state index contributed by atoms with van der Waals surface area (Å²) < 4.78 is 0. The lowest BCUT2D eigenvalue weighted by Crippen LogP contribution is -2.05. The van der Waals surface area contributed by atoms with Gasteiger partial charge >= 0.3 is 0 Å². The largest absolute Gasteiger partial charge is 0.384 e. The van der Waals surface area contributed by atoms with Gasteiger partial charge in [0.25, 0.3) is 0 Å². The van der Waals surface area contributed by atoms with E-state index in [-0.39, 0.29) is 0 Å². The Morgan fingerprint density at radius 2 is 1.82 bits per heavy atom. The molecule has 2 aromatic heterocycles. The second-order valence-corrected chi connectivity index (χ2v) is 5.43. The van der Waals surface area contributed by atoms with Gasteiger partial charge in [-0.15, -0.1) is 0 Å². The van der Waals surface area contributed by atoms with Crippen LogP contribution in [-0.2, 0) is 0 Å². The minimum absolute atomic E-state index is 0.546. The maximum atomic E-state index is 5.69. The molecule has 88 valence electrons. The highest BCUT2D eigenvalue weighted by Crippen LogP contribution is 2.53. The Bertz CT molecular complexity index is 554. The zero-order chi connectivity index (χ0) is 11.4. The van der Waals surface area contributed by atoms with E-state index in [4.69, 9.17) is 5.73 Å². The second-order valence-electron chi connectivity index (χ2n) is 5.43. The van der Waals surface area contributed by atoms with Gasteiger partial charge < -0.3 is 10.7 Å². The van der Waals surface area contributed by atoms with Crippen molar-refractivity contribution in [3.8, 4) is 0 Å². The van der Waals surface area contributed by atoms with Crippen molar-refractivity contribution in [1.82, 2.24) is 15.0 Å². The normalized spacial score (nSPS) is 20.3. The lowest BCUT2D eigenvalue weighted by Gasteiger charge is -2.11. The van der Waals surface area contributed by atoms with Crippen LogP contribution in [0.4, 0.5) is 5.82 Å². The van der Waals surface area contributed by atoms with Gasteiger partial charge in [0.1, 0.15) is 11.6 Å². The predicted molar refractivity (Wildman–Crippen MR) is 66.5 cm³/mol. The van der Waals surface area contributed by atoms with Crippen molar-refractivity contribution in [2.75, 3.05) is 5.73 Å². The van der Waals surface area contributed by atoms with Gasteiger partial charge in [0.15, 0.2) is 5.65 Å². The fraction of sp³-hybridized carbons (Fsp3) is 0.538. The van der Waals surface area contributed by atoms with E-state index in [2.05, 4.69) is 15.0 Å². The smallest absolute Gasteiger partial charge is 0.179 e. The van der Waals surface area contributed by atoms with Crippen LogP contribution in [0.5, 0.6) is 0 Å². The minimum Gasteiger partial charge on any atom is -0.384 e. The molecule has 2 heterocycles. The molecule has 0 saturated heterocycles. The molecule has 2 aliphatic rings. The summed E-state index contributed by atoms with van der Waals surface area (Å²) in [4.78, 5) is 12.4. The lowest BCUT2D eigenvalue weighted by molar-refractivity contribution is 0.514. The van der Waals surface area contributed by atoms with E-state index < -0.39 is 0 Å². The summed E-state index contributed by atoms with van der Waals surface area (Å²) in [5.74, 6) is 4.05. The van der Waals surface area contributed by atoms with Crippen LogP contribution < -0.4 is 5.73 Å².